The van der Waals surface area contributed by atoms with Crippen LogP contribution in [0.3, 0.4) is 0 Å². The third-order valence-corrected chi connectivity index (χ3v) is 3.81. The van der Waals surface area contributed by atoms with Crippen LogP contribution in [0.1, 0.15) is 25.6 Å². The maximum Gasteiger partial charge on any atom is 0.182 e. The molecule has 3 aromatic rings. The molecule has 7 nitrogen and oxygen atoms in total. The Balaban J connectivity index is 1.80. The molecule has 0 aromatic carbocycles. The van der Waals surface area contributed by atoms with Gasteiger partial charge >= 0.3 is 0 Å². The first-order valence-corrected chi connectivity index (χ1v) is 7.48. The highest BCUT2D eigenvalue weighted by molar-refractivity contribution is 5.81. The lowest BCUT2D eigenvalue weighted by molar-refractivity contribution is 0.202. The molecule has 3 aromatic heterocycles. The van der Waals surface area contributed by atoms with Crippen molar-refractivity contribution in [3.63, 3.8) is 0 Å². The summed E-state index contributed by atoms with van der Waals surface area (Å²) in [4.78, 5) is 18.0. The summed E-state index contributed by atoms with van der Waals surface area (Å²) in [5, 5.41) is 3.39. The van der Waals surface area contributed by atoms with Gasteiger partial charge in [-0.15, -0.1) is 0 Å². The van der Waals surface area contributed by atoms with Crippen molar-refractivity contribution >= 4 is 17.0 Å². The van der Waals surface area contributed by atoms with Crippen LogP contribution in [0.5, 0.6) is 0 Å². The summed E-state index contributed by atoms with van der Waals surface area (Å²) in [5.41, 5.74) is 1.48. The third-order valence-electron chi connectivity index (χ3n) is 3.81. The molecule has 0 saturated heterocycles. The molecule has 2 N–H and O–H groups in total. The second-order valence-corrected chi connectivity index (χ2v) is 4.96. The number of anilines is 1. The molecule has 3 rings (SSSR count). The molecule has 1 atom stereocenters. The molecule has 22 heavy (non-hydrogen) atoms. The van der Waals surface area contributed by atoms with Crippen LogP contribution in [0.4, 0.5) is 5.82 Å². The number of hydrogen-bond acceptors (Lipinski definition) is 6. The lowest BCUT2D eigenvalue weighted by Gasteiger charge is -2.28. The second-order valence-electron chi connectivity index (χ2n) is 4.96. The van der Waals surface area contributed by atoms with Crippen molar-refractivity contribution in [2.75, 3.05) is 25.0 Å². The maximum atomic E-state index is 5.61. The van der Waals surface area contributed by atoms with Gasteiger partial charge in [0.25, 0.3) is 0 Å². The van der Waals surface area contributed by atoms with Gasteiger partial charge in [0.05, 0.1) is 18.6 Å². The first-order valence-electron chi connectivity index (χ1n) is 7.48. The van der Waals surface area contributed by atoms with Crippen molar-refractivity contribution in [3.05, 3.63) is 36.8 Å². The Morgan fingerprint density at radius 2 is 2.14 bits per heavy atom. The lowest BCUT2D eigenvalue weighted by Crippen LogP contribution is -2.33. The molecule has 0 saturated carbocycles. The Morgan fingerprint density at radius 1 is 1.27 bits per heavy atom. The molecule has 0 spiro atoms. The van der Waals surface area contributed by atoms with E-state index in [0.29, 0.717) is 12.2 Å². The number of aromatic nitrogens is 4. The van der Waals surface area contributed by atoms with E-state index in [1.807, 2.05) is 12.1 Å². The molecule has 0 bridgehead atoms. The zero-order valence-corrected chi connectivity index (χ0v) is 12.8. The number of imidazole rings is 1. The second kappa shape index (κ2) is 6.57. The summed E-state index contributed by atoms with van der Waals surface area (Å²) < 4.78 is 5.61. The highest BCUT2D eigenvalue weighted by Crippen LogP contribution is 2.23. The molecule has 1 unspecified atom stereocenters. The molecule has 0 fully saturated rings. The predicted octanol–water partition coefficient (Wildman–Crippen LogP) is 2.44. The average Bonchev–Trinajstić information content (AvgIpc) is 3.22. The summed E-state index contributed by atoms with van der Waals surface area (Å²) in [7, 11) is 0. The van der Waals surface area contributed by atoms with Gasteiger partial charge in [0.2, 0.25) is 0 Å². The predicted molar refractivity (Wildman–Crippen MR) is 84.5 cm³/mol. The van der Waals surface area contributed by atoms with E-state index in [4.69, 9.17) is 4.42 Å². The molecule has 3 heterocycles. The quantitative estimate of drug-likeness (QED) is 0.697. The van der Waals surface area contributed by atoms with Crippen LogP contribution in [0.2, 0.25) is 0 Å². The number of H-pyrrole nitrogens is 1. The van der Waals surface area contributed by atoms with E-state index in [9.17, 15) is 0 Å². The molecule has 0 aliphatic carbocycles. The Bertz CT molecular complexity index is 704. The van der Waals surface area contributed by atoms with E-state index in [2.05, 4.69) is 44.0 Å². The van der Waals surface area contributed by atoms with Crippen molar-refractivity contribution < 1.29 is 4.42 Å². The lowest BCUT2D eigenvalue weighted by atomic mass is 10.2. The van der Waals surface area contributed by atoms with Crippen molar-refractivity contribution in [2.45, 2.75) is 19.9 Å². The van der Waals surface area contributed by atoms with E-state index in [1.165, 1.54) is 6.33 Å². The van der Waals surface area contributed by atoms with Crippen LogP contribution in [-0.4, -0.2) is 44.5 Å². The van der Waals surface area contributed by atoms with Crippen LogP contribution in [0, 0.1) is 0 Å². The highest BCUT2D eigenvalue weighted by Gasteiger charge is 2.21. The fourth-order valence-electron chi connectivity index (χ4n) is 2.65. The summed E-state index contributed by atoms with van der Waals surface area (Å²) in [6, 6.07) is 4.08. The zero-order chi connectivity index (χ0) is 15.4. The van der Waals surface area contributed by atoms with E-state index in [0.717, 1.165) is 30.2 Å². The first kappa shape index (κ1) is 14.5. The summed E-state index contributed by atoms with van der Waals surface area (Å²) in [5.74, 6) is 1.71. The number of hydrogen-bond donors (Lipinski definition) is 2. The highest BCUT2D eigenvalue weighted by atomic mass is 16.3. The number of nitrogens with one attached hydrogen (secondary N) is 2. The van der Waals surface area contributed by atoms with Gasteiger partial charge < -0.3 is 14.7 Å². The van der Waals surface area contributed by atoms with E-state index in [-0.39, 0.29) is 6.04 Å². The Labute approximate surface area is 128 Å². The Morgan fingerprint density at radius 3 is 2.86 bits per heavy atom. The normalized spacial score (nSPS) is 12.9. The number of fused-ring (bicyclic) bond motifs is 1. The largest absolute Gasteiger partial charge is 0.468 e. The number of aromatic amines is 1. The van der Waals surface area contributed by atoms with Crippen molar-refractivity contribution in [1.82, 2.24) is 24.8 Å². The number of furan rings is 1. The SMILES string of the molecule is CCN(CC)C(CNc1ncnc2nc[nH]c12)c1ccco1. The minimum Gasteiger partial charge on any atom is -0.468 e. The van der Waals surface area contributed by atoms with Gasteiger partial charge in [0.1, 0.15) is 17.6 Å². The molecule has 0 amide bonds. The smallest absolute Gasteiger partial charge is 0.182 e. The maximum absolute atomic E-state index is 5.61. The summed E-state index contributed by atoms with van der Waals surface area (Å²) >= 11 is 0. The molecular formula is C15H20N6O. The standard InChI is InChI=1S/C15H20N6O/c1-3-21(4-2)11(12-6-5-7-22-12)8-16-14-13-15(18-9-17-13)20-10-19-14/h5-7,9-11H,3-4,8H2,1-2H3,(H2,16,17,18,19,20). The van der Waals surface area contributed by atoms with Crippen LogP contribution >= 0.6 is 0 Å². The van der Waals surface area contributed by atoms with Gasteiger partial charge in [-0.1, -0.05) is 13.8 Å². The molecule has 0 aliphatic rings. The van der Waals surface area contributed by atoms with Gasteiger partial charge in [0.15, 0.2) is 11.5 Å². The number of nitrogens with zero attached hydrogens (tertiary/aromatic N) is 4. The van der Waals surface area contributed by atoms with E-state index < -0.39 is 0 Å². The van der Waals surface area contributed by atoms with Gasteiger partial charge in [-0.05, 0) is 25.2 Å². The van der Waals surface area contributed by atoms with Gasteiger partial charge in [-0.25, -0.2) is 15.0 Å². The fraction of sp³-hybridized carbons (Fsp3) is 0.400. The number of likely N-dealkylation sites (N-methyl/N-ethyl adjacent to an activating group) is 1. The van der Waals surface area contributed by atoms with Crippen LogP contribution in [0.25, 0.3) is 11.2 Å². The molecule has 116 valence electrons. The van der Waals surface area contributed by atoms with Gasteiger partial charge in [-0.2, -0.15) is 0 Å². The van der Waals surface area contributed by atoms with E-state index >= 15 is 0 Å². The third kappa shape index (κ3) is 2.80. The van der Waals surface area contributed by atoms with Crippen LogP contribution < -0.4 is 5.32 Å². The fourth-order valence-corrected chi connectivity index (χ4v) is 2.65. The van der Waals surface area contributed by atoms with Crippen LogP contribution in [-0.2, 0) is 0 Å². The molecule has 0 radical (unpaired) electrons. The monoisotopic (exact) mass is 300 g/mol. The molecule has 7 heteroatoms. The molecular weight excluding hydrogens is 280 g/mol. The van der Waals surface area contributed by atoms with Crippen LogP contribution in [0.15, 0.2) is 35.5 Å². The zero-order valence-electron chi connectivity index (χ0n) is 12.8. The molecule has 0 aliphatic heterocycles. The van der Waals surface area contributed by atoms with Gasteiger partial charge in [0, 0.05) is 6.54 Å². The van der Waals surface area contributed by atoms with Crippen molar-refractivity contribution in [2.24, 2.45) is 0 Å². The van der Waals surface area contributed by atoms with Crippen molar-refractivity contribution in [1.29, 1.82) is 0 Å². The topological polar surface area (TPSA) is 82.9 Å². The minimum atomic E-state index is 0.151. The Hall–Kier alpha value is -2.41. The summed E-state index contributed by atoms with van der Waals surface area (Å²) in [6.07, 6.45) is 4.85. The summed E-state index contributed by atoms with van der Waals surface area (Å²) in [6.45, 7) is 6.90. The number of rotatable bonds is 7. The Kier molecular flexibility index (Phi) is 4.34. The first-order chi connectivity index (χ1) is 10.8. The minimum absolute atomic E-state index is 0.151. The van der Waals surface area contributed by atoms with E-state index in [1.54, 1.807) is 12.6 Å². The van der Waals surface area contributed by atoms with Gasteiger partial charge in [-0.3, -0.25) is 4.90 Å². The average molecular weight is 300 g/mol. The van der Waals surface area contributed by atoms with Crippen molar-refractivity contribution in [3.8, 4) is 0 Å².